The second kappa shape index (κ2) is 82.2. The summed E-state index contributed by atoms with van der Waals surface area (Å²) in [5.74, 6) is -1.83. The number of alkyl halides is 6. The van der Waals surface area contributed by atoms with Gasteiger partial charge in [-0.1, -0.05) is 71.3 Å². The molecular formula is C64H109BrClF4N18NaO14. The van der Waals surface area contributed by atoms with Gasteiger partial charge < -0.3 is 53.7 Å². The summed E-state index contributed by atoms with van der Waals surface area (Å²) in [5, 5.41) is 62.0. The number of carbonyl (C=O) groups excluding carboxylic acids is 5. The maximum Gasteiger partial charge on any atom is 1.00 e. The van der Waals surface area contributed by atoms with Gasteiger partial charge in [-0.05, 0) is 89.0 Å². The number of aromatic nitrogens is 14. The molecule has 103 heavy (non-hydrogen) atoms. The zero-order valence-electron chi connectivity index (χ0n) is 64.6. The molecule has 0 bridgehead atoms. The van der Waals surface area contributed by atoms with Gasteiger partial charge in [0.2, 0.25) is 5.91 Å². The summed E-state index contributed by atoms with van der Waals surface area (Å²) in [6, 6.07) is 15.5. The minimum Gasteiger partial charge on any atom is -0.550 e. The number of nitrogens with two attached hydrogens (primary N) is 1. The zero-order chi connectivity index (χ0) is 82.0. The number of aliphatic carboxylic acids is 1. The Kier molecular flexibility index (Phi) is 94.3. The van der Waals surface area contributed by atoms with Gasteiger partial charge in [0, 0.05) is 130 Å². The van der Waals surface area contributed by atoms with Gasteiger partial charge in [0.05, 0.1) is 63.6 Å². The molecule has 582 valence electrons. The second-order valence-electron chi connectivity index (χ2n) is 16.6. The van der Waals surface area contributed by atoms with Crippen molar-refractivity contribution in [1.82, 2.24) is 74.4 Å². The number of benzene rings is 2. The van der Waals surface area contributed by atoms with Crippen LogP contribution in [0, 0.1) is 35.3 Å². The molecule has 0 fully saturated rings. The number of hydrogen-bond acceptors (Lipinski definition) is 22. The fraction of sp³-hybridized carbons (Fsp3) is 0.516. The molecule has 2 aromatic carbocycles. The largest absolute Gasteiger partial charge is 1.00 e. The van der Waals surface area contributed by atoms with Gasteiger partial charge in [-0.3, -0.25) is 33.5 Å². The van der Waals surface area contributed by atoms with Crippen molar-refractivity contribution in [3.05, 3.63) is 130 Å². The number of H-pyrrole nitrogens is 2. The molecule has 0 unspecified atom stereocenters. The van der Waals surface area contributed by atoms with E-state index in [-0.39, 0.29) is 78.5 Å². The third kappa shape index (κ3) is 74.2. The first-order valence-electron chi connectivity index (χ1n) is 30.6. The molecule has 0 atom stereocenters. The van der Waals surface area contributed by atoms with Gasteiger partial charge in [-0.15, -0.1) is 11.6 Å². The zero-order valence-corrected chi connectivity index (χ0v) is 69.0. The van der Waals surface area contributed by atoms with E-state index in [0.717, 1.165) is 25.2 Å². The van der Waals surface area contributed by atoms with Crippen molar-refractivity contribution >= 4 is 85.3 Å². The van der Waals surface area contributed by atoms with Gasteiger partial charge in [0.15, 0.2) is 18.4 Å². The molecule has 0 aliphatic carbocycles. The molecular weight excluding hydrogens is 1460 g/mol. The van der Waals surface area contributed by atoms with E-state index < -0.39 is 35.0 Å². The van der Waals surface area contributed by atoms with E-state index in [9.17, 15) is 41.5 Å². The molecule has 0 aliphatic heterocycles. The number of nitrogens with one attached hydrogen (secondary N) is 2. The molecule has 0 spiro atoms. The Morgan fingerprint density at radius 3 is 1.41 bits per heavy atom. The Balaban J connectivity index is -0.000000103. The summed E-state index contributed by atoms with van der Waals surface area (Å²) in [6.07, 6.45) is 7.87. The number of carboxylic acid groups (broad SMARTS) is 2. The summed E-state index contributed by atoms with van der Waals surface area (Å²) in [7, 11) is 12.0. The van der Waals surface area contributed by atoms with Crippen LogP contribution in [-0.4, -0.2) is 206 Å². The van der Waals surface area contributed by atoms with Crippen molar-refractivity contribution in [2.75, 3.05) is 80.2 Å². The average Bonchev–Trinajstić information content (AvgIpc) is 1.28. The number of hydrogen-bond donors (Lipinski definition) is 4. The maximum atomic E-state index is 12.5. The van der Waals surface area contributed by atoms with E-state index in [1.807, 2.05) is 124 Å². The number of methoxy groups -OCH3 is 2. The SMILES string of the molecule is CBr.CC.CC.CC.CC.CC#N.CC(=O)[O-].CC(F)(F)F.CC(N)=O.CCOC(=O)c1ncn(C)c1C(=O)OCC.CCl.CF.COCCN(CCOC)C(=O)c1ccc2n[nH]nc2c1.C[N+](=O)[O-].Cc1cc(C)n(C)n1.Cn1cccn1.Cn1ccnc1.O=C(O)c1ccc2n[nH]nc2c1.[Na+]. The molecule has 6 heterocycles. The van der Waals surface area contributed by atoms with Crippen molar-refractivity contribution < 1.29 is 110 Å². The van der Waals surface area contributed by atoms with Crippen molar-refractivity contribution in [2.45, 2.75) is 117 Å². The first-order valence-corrected chi connectivity index (χ1v) is 32.9. The van der Waals surface area contributed by atoms with Crippen LogP contribution in [-0.2, 0) is 56.7 Å². The molecule has 32 nitrogen and oxygen atoms in total. The van der Waals surface area contributed by atoms with Crippen LogP contribution >= 0.6 is 27.5 Å². The van der Waals surface area contributed by atoms with E-state index in [0.29, 0.717) is 55.6 Å². The molecule has 8 rings (SSSR count). The van der Waals surface area contributed by atoms with E-state index >= 15 is 0 Å². The van der Waals surface area contributed by atoms with Crippen LogP contribution in [0.3, 0.4) is 0 Å². The number of nitro groups is 1. The van der Waals surface area contributed by atoms with E-state index in [1.165, 1.54) is 49.0 Å². The predicted octanol–water partition coefficient (Wildman–Crippen LogP) is 7.80. The van der Waals surface area contributed by atoms with Gasteiger partial charge in [-0.25, -0.2) is 24.4 Å². The van der Waals surface area contributed by atoms with Crippen LogP contribution in [0.1, 0.15) is 150 Å². The number of nitrogens with zero attached hydrogens (tertiary/aromatic N) is 15. The topological polar surface area (TPSA) is 433 Å². The van der Waals surface area contributed by atoms with E-state index in [4.69, 9.17) is 49.3 Å². The summed E-state index contributed by atoms with van der Waals surface area (Å²) in [5.41, 5.74) is 10.3. The summed E-state index contributed by atoms with van der Waals surface area (Å²) in [6.45, 7) is 29.8. The van der Waals surface area contributed by atoms with Crippen LogP contribution in [0.4, 0.5) is 17.6 Å². The number of carboxylic acids is 2. The molecule has 39 heteroatoms. The summed E-state index contributed by atoms with van der Waals surface area (Å²) < 4.78 is 67.2. The number of esters is 2. The molecule has 0 saturated carbocycles. The number of amides is 2. The molecule has 6 aromatic heterocycles. The minimum atomic E-state index is -4.00. The molecule has 2 amide bonds. The maximum absolute atomic E-state index is 12.5. The smallest absolute Gasteiger partial charge is 0.550 e. The number of ether oxygens (including phenoxy) is 4. The van der Waals surface area contributed by atoms with Gasteiger partial charge in [0.25, 0.3) is 5.91 Å². The first kappa shape index (κ1) is 118. The van der Waals surface area contributed by atoms with Gasteiger partial charge >= 0.3 is 53.6 Å². The van der Waals surface area contributed by atoms with Crippen molar-refractivity contribution in [1.29, 1.82) is 5.26 Å². The minimum absolute atomic E-state index is 0. The third-order valence-corrected chi connectivity index (χ3v) is 8.93. The summed E-state index contributed by atoms with van der Waals surface area (Å²) in [4.78, 5) is 81.8. The molecule has 0 aliphatic rings. The van der Waals surface area contributed by atoms with Gasteiger partial charge in [0.1, 0.15) is 22.1 Å². The fourth-order valence-corrected chi connectivity index (χ4v) is 5.48. The number of halogens is 6. The van der Waals surface area contributed by atoms with Crippen LogP contribution in [0.2, 0.25) is 0 Å². The fourth-order valence-electron chi connectivity index (χ4n) is 5.48. The Morgan fingerprint density at radius 1 is 0.757 bits per heavy atom. The second-order valence-corrected chi connectivity index (χ2v) is 16.6. The quantitative estimate of drug-likeness (QED) is 0.0226. The van der Waals surface area contributed by atoms with Crippen molar-refractivity contribution in [2.24, 2.45) is 33.9 Å². The first-order chi connectivity index (χ1) is 48.2. The number of carbonyl (C=O) groups is 6. The Labute approximate surface area is 638 Å². The molecule has 5 N–H and O–H groups in total. The Hall–Kier alpha value is -8.80. The molecule has 0 saturated heterocycles. The number of nitriles is 1. The van der Waals surface area contributed by atoms with Crippen molar-refractivity contribution in [3.63, 3.8) is 0 Å². The van der Waals surface area contributed by atoms with Crippen LogP contribution in [0.15, 0.2) is 86.0 Å². The van der Waals surface area contributed by atoms with E-state index in [1.54, 1.807) is 93.8 Å². The van der Waals surface area contributed by atoms with Crippen molar-refractivity contribution in [3.8, 4) is 6.07 Å². The Morgan fingerprint density at radius 2 is 1.14 bits per heavy atom. The number of primary amides is 1. The number of aryl methyl sites for hydroxylation is 6. The monoisotopic (exact) mass is 1570 g/mol. The number of fused-ring (bicyclic) bond motifs is 2. The normalized spacial score (nSPS) is 8.46. The average molecular weight is 1570 g/mol. The van der Waals surface area contributed by atoms with Crippen LogP contribution in [0.25, 0.3) is 22.1 Å². The summed E-state index contributed by atoms with van der Waals surface area (Å²) >= 11 is 7.58. The van der Waals surface area contributed by atoms with Crippen LogP contribution in [0.5, 0.6) is 0 Å². The number of aromatic amines is 2. The molecule has 8 aromatic rings. The van der Waals surface area contributed by atoms with E-state index in [2.05, 4.69) is 90.3 Å². The third-order valence-electron chi connectivity index (χ3n) is 8.93. The molecule has 0 radical (unpaired) electrons. The predicted molar refractivity (Wildman–Crippen MR) is 389 cm³/mol. The number of rotatable bonds is 12. The number of imidazole rings is 2. The van der Waals surface area contributed by atoms with Gasteiger partial charge in [-0.2, -0.15) is 59.5 Å². The standard InChI is InChI=1S/C13H18N4O3.C10H14N2O4.C7H5N3O2.C6H10N2.2C4H6N2.C2H3F3.C2H5NO.C2H3N.C2H4O2.4C2H6.CH3Br.CH3Cl.CH3F.CH3NO2.Na/c1-19-7-5-17(6-8-20-2)13(18)10-3-4-11-12(9-10)15-16-14-11;1-4-15-9(13)7-8(10(14)16-5-2)12(3)6-11-7;11-7(12)4-1-2-5-6(3-4)9-10-8-5;1-5-4-6(2)8(3)7-5;1-6-3-2-5-4-6;1-6-4-2-3-5-6;1-2(3,4)5;1-2(3)4;1-2-3;1-2(3)4;7*1-2;1-2(3)4;/h3-4,9H,5-8H2,1-2H3,(H,14,15,16);6H,4-5H2,1-3H3;1-3H,(H,11,12)(H,8,9,10);4H,1-3H3;2*2-4H,1H3;1H3;1H3,(H2,3,4);1H3;1H3,(H,3,4);4*1-2H3;3*1H3;1H3;/q;;;;;;;;;;;;;;;;;;+1/p-1. The van der Waals surface area contributed by atoms with Crippen LogP contribution < -0.4 is 40.4 Å². The number of aromatic carboxylic acids is 1. The Bertz CT molecular complexity index is 3210.